The van der Waals surface area contributed by atoms with Crippen molar-refractivity contribution in [3.05, 3.63) is 89.5 Å². The molecule has 3 N–H and O–H groups in total. The van der Waals surface area contributed by atoms with Gasteiger partial charge in [0.1, 0.15) is 5.82 Å². The van der Waals surface area contributed by atoms with Crippen molar-refractivity contribution >= 4 is 35.1 Å². The molecule has 3 amide bonds. The van der Waals surface area contributed by atoms with E-state index in [1.165, 1.54) is 24.3 Å². The number of nitrogens with one attached hydrogen (secondary N) is 2. The standard InChI is InChI=1S/C31H32FN5O5/c32-24-9-6-20(7-10-24)25(18-28(38)39)34-30(41)22-8-11-27(26(17-22)35-29(40)21-4-5-21)36-13-2-14-37(16-15-36)31(42)23-3-1-12-33-19-23/h1,3,6-12,17,19,21,25H,2,4-5,13-16,18H2,(H,34,41)(H,35,40)(H,38,39). The molecular weight excluding hydrogens is 541 g/mol. The summed E-state index contributed by atoms with van der Waals surface area (Å²) in [5.41, 5.74) is 2.44. The maximum atomic E-state index is 13.4. The lowest BCUT2D eigenvalue weighted by molar-refractivity contribution is -0.137. The Hall–Kier alpha value is -4.80. The van der Waals surface area contributed by atoms with Crippen molar-refractivity contribution in [2.24, 2.45) is 5.92 Å². The van der Waals surface area contributed by atoms with E-state index < -0.39 is 23.7 Å². The van der Waals surface area contributed by atoms with Crippen molar-refractivity contribution in [1.29, 1.82) is 0 Å². The minimum absolute atomic E-state index is 0.0644. The highest BCUT2D eigenvalue weighted by atomic mass is 19.1. The number of carboxylic acids is 1. The molecule has 1 aromatic heterocycles. The fourth-order valence-corrected chi connectivity index (χ4v) is 5.03. The van der Waals surface area contributed by atoms with Gasteiger partial charge in [0.15, 0.2) is 0 Å². The lowest BCUT2D eigenvalue weighted by Gasteiger charge is -2.27. The first kappa shape index (κ1) is 28.7. The van der Waals surface area contributed by atoms with Gasteiger partial charge in [-0.2, -0.15) is 0 Å². The molecule has 2 aliphatic rings. The second-order valence-electron chi connectivity index (χ2n) is 10.5. The zero-order valence-electron chi connectivity index (χ0n) is 23.0. The molecule has 1 atom stereocenters. The summed E-state index contributed by atoms with van der Waals surface area (Å²) >= 11 is 0. The molecule has 11 heteroatoms. The Kier molecular flexibility index (Phi) is 8.75. The number of amides is 3. The van der Waals surface area contributed by atoms with Gasteiger partial charge >= 0.3 is 5.97 Å². The van der Waals surface area contributed by atoms with E-state index in [0.717, 1.165) is 18.5 Å². The van der Waals surface area contributed by atoms with E-state index in [-0.39, 0.29) is 29.7 Å². The molecule has 2 aromatic carbocycles. The summed E-state index contributed by atoms with van der Waals surface area (Å²) < 4.78 is 13.4. The molecule has 0 bridgehead atoms. The Morgan fingerprint density at radius 2 is 1.76 bits per heavy atom. The summed E-state index contributed by atoms with van der Waals surface area (Å²) in [5.74, 6) is -2.38. The van der Waals surface area contributed by atoms with Gasteiger partial charge in [0.2, 0.25) is 5.91 Å². The normalized spacial score (nSPS) is 15.8. The fraction of sp³-hybridized carbons (Fsp3) is 0.323. The molecule has 0 radical (unpaired) electrons. The number of anilines is 2. The Labute approximate surface area is 242 Å². The van der Waals surface area contributed by atoms with E-state index in [1.54, 1.807) is 47.6 Å². The number of hydrogen-bond acceptors (Lipinski definition) is 6. The third-order valence-electron chi connectivity index (χ3n) is 7.45. The molecule has 2 heterocycles. The molecule has 1 saturated heterocycles. The molecule has 218 valence electrons. The SMILES string of the molecule is O=C(O)CC(NC(=O)c1ccc(N2CCCN(C(=O)c3cccnc3)CC2)c(NC(=O)C2CC2)c1)c1ccc(F)cc1. The molecule has 1 unspecified atom stereocenters. The highest BCUT2D eigenvalue weighted by Gasteiger charge is 2.31. The molecular formula is C31H32FN5O5. The van der Waals surface area contributed by atoms with E-state index in [9.17, 15) is 28.7 Å². The Balaban J connectivity index is 1.36. The van der Waals surface area contributed by atoms with E-state index in [4.69, 9.17) is 0 Å². The first-order chi connectivity index (χ1) is 20.3. The van der Waals surface area contributed by atoms with Crippen LogP contribution in [0, 0.1) is 11.7 Å². The van der Waals surface area contributed by atoms with E-state index in [0.29, 0.717) is 49.4 Å². The molecule has 2 fully saturated rings. The van der Waals surface area contributed by atoms with Crippen molar-refractivity contribution < 1.29 is 28.7 Å². The van der Waals surface area contributed by atoms with Crippen LogP contribution in [0.3, 0.4) is 0 Å². The van der Waals surface area contributed by atoms with Crippen LogP contribution >= 0.6 is 0 Å². The zero-order valence-corrected chi connectivity index (χ0v) is 23.0. The van der Waals surface area contributed by atoms with Crippen LogP contribution in [-0.2, 0) is 9.59 Å². The largest absolute Gasteiger partial charge is 0.481 e. The van der Waals surface area contributed by atoms with Gasteiger partial charge in [0.25, 0.3) is 11.8 Å². The van der Waals surface area contributed by atoms with Gasteiger partial charge in [0.05, 0.1) is 29.4 Å². The predicted molar refractivity (Wildman–Crippen MR) is 154 cm³/mol. The van der Waals surface area contributed by atoms with Crippen LogP contribution in [0.25, 0.3) is 0 Å². The van der Waals surface area contributed by atoms with Gasteiger partial charge in [-0.3, -0.25) is 24.2 Å². The van der Waals surface area contributed by atoms with Crippen LogP contribution in [0.5, 0.6) is 0 Å². The molecule has 10 nitrogen and oxygen atoms in total. The van der Waals surface area contributed by atoms with Gasteiger partial charge in [-0.25, -0.2) is 4.39 Å². The number of rotatable bonds is 9. The lowest BCUT2D eigenvalue weighted by atomic mass is 10.0. The molecule has 0 spiro atoms. The molecule has 1 aliphatic heterocycles. The minimum atomic E-state index is -1.12. The van der Waals surface area contributed by atoms with Crippen LogP contribution in [0.1, 0.15) is 58.0 Å². The average molecular weight is 574 g/mol. The topological polar surface area (TPSA) is 132 Å². The number of nitrogens with zero attached hydrogens (tertiary/aromatic N) is 3. The predicted octanol–water partition coefficient (Wildman–Crippen LogP) is 3.87. The number of carbonyl (C=O) groups is 4. The summed E-state index contributed by atoms with van der Waals surface area (Å²) in [6.45, 7) is 2.21. The minimum Gasteiger partial charge on any atom is -0.481 e. The van der Waals surface area contributed by atoms with Gasteiger partial charge < -0.3 is 25.5 Å². The van der Waals surface area contributed by atoms with Crippen molar-refractivity contribution in [1.82, 2.24) is 15.2 Å². The highest BCUT2D eigenvalue weighted by Crippen LogP contribution is 2.34. The lowest BCUT2D eigenvalue weighted by Crippen LogP contribution is -2.35. The van der Waals surface area contributed by atoms with Crippen LogP contribution in [0.4, 0.5) is 15.8 Å². The van der Waals surface area contributed by atoms with E-state index in [1.807, 2.05) is 0 Å². The van der Waals surface area contributed by atoms with Crippen LogP contribution in [-0.4, -0.2) is 64.9 Å². The van der Waals surface area contributed by atoms with Gasteiger partial charge in [-0.15, -0.1) is 0 Å². The van der Waals surface area contributed by atoms with Crippen LogP contribution in [0.15, 0.2) is 67.0 Å². The molecule has 1 aliphatic carbocycles. The highest BCUT2D eigenvalue weighted by molar-refractivity contribution is 6.01. The summed E-state index contributed by atoms with van der Waals surface area (Å²) in [5, 5.41) is 15.1. The second-order valence-corrected chi connectivity index (χ2v) is 10.5. The number of benzene rings is 2. The summed E-state index contributed by atoms with van der Waals surface area (Å²) in [7, 11) is 0. The number of halogens is 1. The third-order valence-corrected chi connectivity index (χ3v) is 7.45. The Morgan fingerprint density at radius 1 is 0.976 bits per heavy atom. The van der Waals surface area contributed by atoms with Gasteiger partial charge in [-0.05, 0) is 67.3 Å². The molecule has 3 aromatic rings. The van der Waals surface area contributed by atoms with Gasteiger partial charge in [-0.1, -0.05) is 12.1 Å². The molecule has 5 rings (SSSR count). The average Bonchev–Trinajstić information content (AvgIpc) is 3.85. The van der Waals surface area contributed by atoms with Crippen molar-refractivity contribution in [3.8, 4) is 0 Å². The monoisotopic (exact) mass is 573 g/mol. The first-order valence-electron chi connectivity index (χ1n) is 14.0. The van der Waals surface area contributed by atoms with Gasteiger partial charge in [0, 0.05) is 50.1 Å². The van der Waals surface area contributed by atoms with Crippen LogP contribution in [0.2, 0.25) is 0 Å². The summed E-state index contributed by atoms with van der Waals surface area (Å²) in [6.07, 6.45) is 5.12. The van der Waals surface area contributed by atoms with E-state index >= 15 is 0 Å². The second kappa shape index (κ2) is 12.8. The van der Waals surface area contributed by atoms with Crippen molar-refractivity contribution in [2.75, 3.05) is 36.4 Å². The number of carboxylic acid groups (broad SMARTS) is 1. The smallest absolute Gasteiger partial charge is 0.305 e. The van der Waals surface area contributed by atoms with Crippen molar-refractivity contribution in [2.45, 2.75) is 31.7 Å². The number of aliphatic carboxylic acids is 1. The summed E-state index contributed by atoms with van der Waals surface area (Å²) in [4.78, 5) is 58.5. The Bertz CT molecular complexity index is 1460. The third kappa shape index (κ3) is 7.09. The fourth-order valence-electron chi connectivity index (χ4n) is 5.03. The number of carbonyl (C=O) groups excluding carboxylic acids is 3. The van der Waals surface area contributed by atoms with E-state index in [2.05, 4.69) is 20.5 Å². The van der Waals surface area contributed by atoms with Crippen molar-refractivity contribution in [3.63, 3.8) is 0 Å². The summed E-state index contributed by atoms with van der Waals surface area (Å²) in [6, 6.07) is 12.9. The molecule has 42 heavy (non-hydrogen) atoms. The first-order valence-corrected chi connectivity index (χ1v) is 14.0. The Morgan fingerprint density at radius 3 is 2.45 bits per heavy atom. The maximum Gasteiger partial charge on any atom is 0.305 e. The van der Waals surface area contributed by atoms with Crippen LogP contribution < -0.4 is 15.5 Å². The zero-order chi connectivity index (χ0) is 29.6. The maximum absolute atomic E-state index is 13.4. The molecule has 1 saturated carbocycles. The number of hydrogen-bond donors (Lipinski definition) is 3. The number of pyridine rings is 1. The number of aromatic nitrogens is 1. The quantitative estimate of drug-likeness (QED) is 0.354.